The van der Waals surface area contributed by atoms with E-state index in [1.807, 2.05) is 14.0 Å². The molecule has 0 aromatic rings. The molecule has 7 heteroatoms. The summed E-state index contributed by atoms with van der Waals surface area (Å²) in [5, 5.41) is 3.13. The predicted molar refractivity (Wildman–Crippen MR) is 68.1 cm³/mol. The van der Waals surface area contributed by atoms with Gasteiger partial charge in [0.2, 0.25) is 0 Å². The van der Waals surface area contributed by atoms with Crippen LogP contribution in [-0.4, -0.2) is 45.4 Å². The lowest BCUT2D eigenvalue weighted by Crippen LogP contribution is -2.50. The van der Waals surface area contributed by atoms with Gasteiger partial charge in [0, 0.05) is 25.7 Å². The molecule has 0 aromatic heterocycles. The summed E-state index contributed by atoms with van der Waals surface area (Å²) < 4.78 is 27.7. The number of nitrogens with zero attached hydrogens (tertiary/aromatic N) is 1. The van der Waals surface area contributed by atoms with E-state index in [0.717, 1.165) is 19.3 Å². The van der Waals surface area contributed by atoms with E-state index in [9.17, 15) is 8.42 Å². The quantitative estimate of drug-likeness (QED) is 0.758. The maximum absolute atomic E-state index is 11.8. The molecule has 1 fully saturated rings. The van der Waals surface area contributed by atoms with E-state index in [4.69, 9.17) is 0 Å². The summed E-state index contributed by atoms with van der Waals surface area (Å²) in [6.45, 7) is 3.69. The van der Waals surface area contributed by atoms with Gasteiger partial charge in [-0.25, -0.2) is 4.72 Å². The lowest BCUT2D eigenvalue weighted by Gasteiger charge is -2.31. The smallest absolute Gasteiger partial charge is 0.279 e. The van der Waals surface area contributed by atoms with Crippen LogP contribution >= 0.6 is 12.4 Å². The van der Waals surface area contributed by atoms with Crippen molar-refractivity contribution in [1.82, 2.24) is 14.3 Å². The summed E-state index contributed by atoms with van der Waals surface area (Å²) in [4.78, 5) is 0. The highest BCUT2D eigenvalue weighted by atomic mass is 35.5. The summed E-state index contributed by atoms with van der Waals surface area (Å²) in [5.41, 5.74) is 0. The molecule has 1 unspecified atom stereocenters. The van der Waals surface area contributed by atoms with Crippen LogP contribution in [0.4, 0.5) is 0 Å². The molecular weight excluding hydrogens is 250 g/mol. The molecule has 2 N–H and O–H groups in total. The van der Waals surface area contributed by atoms with Gasteiger partial charge in [-0.05, 0) is 26.3 Å². The lowest BCUT2D eigenvalue weighted by atomic mass is 10.1. The molecule has 1 aliphatic rings. The van der Waals surface area contributed by atoms with Crippen molar-refractivity contribution in [2.75, 3.05) is 26.7 Å². The van der Waals surface area contributed by atoms with Crippen molar-refractivity contribution >= 4 is 22.6 Å². The predicted octanol–water partition coefficient (Wildman–Crippen LogP) is 0.336. The fraction of sp³-hybridized carbons (Fsp3) is 1.00. The van der Waals surface area contributed by atoms with E-state index in [0.29, 0.717) is 19.6 Å². The van der Waals surface area contributed by atoms with Crippen LogP contribution in [0.25, 0.3) is 0 Å². The van der Waals surface area contributed by atoms with Gasteiger partial charge in [-0.2, -0.15) is 12.7 Å². The molecule has 1 rings (SSSR count). The monoisotopic (exact) mass is 271 g/mol. The summed E-state index contributed by atoms with van der Waals surface area (Å²) in [7, 11) is -1.37. The van der Waals surface area contributed by atoms with Crippen molar-refractivity contribution in [3.63, 3.8) is 0 Å². The molecule has 0 aromatic carbocycles. The molecule has 5 nitrogen and oxygen atoms in total. The molecule has 1 atom stereocenters. The van der Waals surface area contributed by atoms with E-state index < -0.39 is 10.2 Å². The van der Waals surface area contributed by atoms with E-state index in [1.165, 1.54) is 4.31 Å². The largest absolute Gasteiger partial charge is 0.316 e. The molecular formula is C9H22ClN3O2S. The van der Waals surface area contributed by atoms with E-state index in [-0.39, 0.29) is 18.4 Å². The van der Waals surface area contributed by atoms with E-state index in [2.05, 4.69) is 10.0 Å². The Balaban J connectivity index is 0.00000225. The minimum Gasteiger partial charge on any atom is -0.316 e. The molecule has 0 spiro atoms. The first-order chi connectivity index (χ1) is 7.10. The molecule has 1 saturated heterocycles. The van der Waals surface area contributed by atoms with Crippen molar-refractivity contribution in [1.29, 1.82) is 0 Å². The molecule has 0 saturated carbocycles. The van der Waals surface area contributed by atoms with Crippen LogP contribution in [0, 0.1) is 0 Å². The van der Waals surface area contributed by atoms with Crippen molar-refractivity contribution in [3.8, 4) is 0 Å². The standard InChI is InChI=1S/C9H21N3O2S.ClH/c1-3-6-11-15(13,14)12-7-4-5-9(8-12)10-2;/h9-11H,3-8H2,1-2H3;1H. The molecule has 98 valence electrons. The second-order valence-corrected chi connectivity index (χ2v) is 5.64. The van der Waals surface area contributed by atoms with Crippen molar-refractivity contribution < 1.29 is 8.42 Å². The molecule has 16 heavy (non-hydrogen) atoms. The Hall–Kier alpha value is 0.120. The van der Waals surface area contributed by atoms with Crippen LogP contribution in [-0.2, 0) is 10.2 Å². The number of rotatable bonds is 5. The van der Waals surface area contributed by atoms with Gasteiger partial charge in [0.25, 0.3) is 10.2 Å². The average molecular weight is 272 g/mol. The Kier molecular flexibility index (Phi) is 7.50. The second-order valence-electron chi connectivity index (χ2n) is 3.89. The summed E-state index contributed by atoms with van der Waals surface area (Å²) in [6.07, 6.45) is 2.80. The van der Waals surface area contributed by atoms with Crippen molar-refractivity contribution in [3.05, 3.63) is 0 Å². The van der Waals surface area contributed by atoms with Crippen LogP contribution in [0.3, 0.4) is 0 Å². The van der Waals surface area contributed by atoms with Gasteiger partial charge < -0.3 is 5.32 Å². The first-order valence-electron chi connectivity index (χ1n) is 5.52. The van der Waals surface area contributed by atoms with Gasteiger partial charge in [-0.1, -0.05) is 6.92 Å². The fourth-order valence-electron chi connectivity index (χ4n) is 1.72. The lowest BCUT2D eigenvalue weighted by molar-refractivity contribution is 0.290. The highest BCUT2D eigenvalue weighted by Crippen LogP contribution is 2.12. The van der Waals surface area contributed by atoms with Crippen molar-refractivity contribution in [2.24, 2.45) is 0 Å². The molecule has 0 bridgehead atoms. The molecule has 0 amide bonds. The van der Waals surface area contributed by atoms with Crippen LogP contribution in [0.1, 0.15) is 26.2 Å². The van der Waals surface area contributed by atoms with Gasteiger partial charge in [0.1, 0.15) is 0 Å². The number of halogens is 1. The van der Waals surface area contributed by atoms with Gasteiger partial charge in [-0.15, -0.1) is 12.4 Å². The average Bonchev–Trinajstić information content (AvgIpc) is 2.26. The Morgan fingerprint density at radius 3 is 2.69 bits per heavy atom. The van der Waals surface area contributed by atoms with E-state index >= 15 is 0 Å². The third kappa shape index (κ3) is 4.55. The normalized spacial score (nSPS) is 22.8. The van der Waals surface area contributed by atoms with E-state index in [1.54, 1.807) is 0 Å². The Morgan fingerprint density at radius 2 is 2.12 bits per heavy atom. The zero-order chi connectivity index (χ0) is 11.3. The number of nitrogens with one attached hydrogen (secondary N) is 2. The van der Waals surface area contributed by atoms with Gasteiger partial charge in [0.05, 0.1) is 0 Å². The van der Waals surface area contributed by atoms with Crippen molar-refractivity contribution in [2.45, 2.75) is 32.2 Å². The first-order valence-corrected chi connectivity index (χ1v) is 6.96. The zero-order valence-corrected chi connectivity index (χ0v) is 11.5. The second kappa shape index (κ2) is 7.45. The minimum atomic E-state index is -3.25. The van der Waals surface area contributed by atoms with Crippen LogP contribution in [0.5, 0.6) is 0 Å². The first kappa shape index (κ1) is 16.1. The Morgan fingerprint density at radius 1 is 1.44 bits per heavy atom. The minimum absolute atomic E-state index is 0. The number of hydrogen-bond acceptors (Lipinski definition) is 3. The summed E-state index contributed by atoms with van der Waals surface area (Å²) in [5.74, 6) is 0. The summed E-state index contributed by atoms with van der Waals surface area (Å²) in [6, 6.07) is 0.289. The topological polar surface area (TPSA) is 61.4 Å². The number of likely N-dealkylation sites (N-methyl/N-ethyl adjacent to an activating group) is 1. The highest BCUT2D eigenvalue weighted by molar-refractivity contribution is 7.87. The Bertz CT molecular complexity index is 284. The maximum atomic E-state index is 11.8. The number of piperidine rings is 1. The molecule has 0 aliphatic carbocycles. The van der Waals surface area contributed by atoms with Gasteiger partial charge in [0.15, 0.2) is 0 Å². The maximum Gasteiger partial charge on any atom is 0.279 e. The zero-order valence-electron chi connectivity index (χ0n) is 9.90. The third-order valence-corrected chi connectivity index (χ3v) is 4.25. The van der Waals surface area contributed by atoms with Gasteiger partial charge in [-0.3, -0.25) is 0 Å². The van der Waals surface area contributed by atoms with Crippen LogP contribution < -0.4 is 10.0 Å². The summed E-state index contributed by atoms with van der Waals surface area (Å²) >= 11 is 0. The molecule has 0 radical (unpaired) electrons. The highest BCUT2D eigenvalue weighted by Gasteiger charge is 2.27. The van der Waals surface area contributed by atoms with Crippen LogP contribution in [0.15, 0.2) is 0 Å². The fourth-order valence-corrected chi connectivity index (χ4v) is 3.11. The van der Waals surface area contributed by atoms with Crippen LogP contribution in [0.2, 0.25) is 0 Å². The SMILES string of the molecule is CCCNS(=O)(=O)N1CCCC(NC)C1.Cl. The number of hydrogen-bond donors (Lipinski definition) is 2. The third-order valence-electron chi connectivity index (χ3n) is 2.67. The Labute approximate surface area is 105 Å². The van der Waals surface area contributed by atoms with Gasteiger partial charge >= 0.3 is 0 Å². The molecule has 1 aliphatic heterocycles. The molecule has 1 heterocycles.